The smallest absolute Gasteiger partial charge is 0.0612 e. The average molecular weight is 211 g/mol. The fraction of sp³-hybridized carbons (Fsp3) is 1.00. The van der Waals surface area contributed by atoms with Crippen molar-refractivity contribution in [3.05, 3.63) is 0 Å². The number of hydrogen-bond donors (Lipinski definition) is 1. The van der Waals surface area contributed by atoms with E-state index in [-0.39, 0.29) is 0 Å². The molecule has 0 radical (unpaired) electrons. The Morgan fingerprint density at radius 3 is 2.53 bits per heavy atom. The maximum atomic E-state index is 3.67. The van der Waals surface area contributed by atoms with Crippen molar-refractivity contribution in [1.82, 2.24) is 15.1 Å². The van der Waals surface area contributed by atoms with Crippen LogP contribution in [0.4, 0.5) is 0 Å². The Morgan fingerprint density at radius 2 is 1.87 bits per heavy atom. The molecule has 0 aromatic rings. The lowest BCUT2D eigenvalue weighted by Gasteiger charge is -2.41. The molecule has 0 spiro atoms. The zero-order valence-corrected chi connectivity index (χ0v) is 10.2. The molecule has 3 nitrogen and oxygen atoms in total. The van der Waals surface area contributed by atoms with E-state index in [0.29, 0.717) is 6.17 Å². The summed E-state index contributed by atoms with van der Waals surface area (Å²) in [6.07, 6.45) is 7.46. The molecule has 0 saturated carbocycles. The van der Waals surface area contributed by atoms with Gasteiger partial charge in [0.2, 0.25) is 0 Å². The molecule has 0 bridgehead atoms. The Balaban J connectivity index is 1.85. The fourth-order valence-corrected chi connectivity index (χ4v) is 2.85. The third-order valence-electron chi connectivity index (χ3n) is 3.91. The highest BCUT2D eigenvalue weighted by Gasteiger charge is 2.27. The van der Waals surface area contributed by atoms with Gasteiger partial charge in [0, 0.05) is 6.04 Å². The summed E-state index contributed by atoms with van der Waals surface area (Å²) in [7, 11) is 4.42. The Labute approximate surface area is 93.8 Å². The van der Waals surface area contributed by atoms with E-state index in [2.05, 4.69) is 29.2 Å². The van der Waals surface area contributed by atoms with Gasteiger partial charge in [-0.1, -0.05) is 6.42 Å². The highest BCUT2D eigenvalue weighted by molar-refractivity contribution is 4.83. The topological polar surface area (TPSA) is 18.5 Å². The van der Waals surface area contributed by atoms with Crippen LogP contribution in [0.1, 0.15) is 32.1 Å². The summed E-state index contributed by atoms with van der Waals surface area (Å²) < 4.78 is 0. The van der Waals surface area contributed by atoms with Crippen molar-refractivity contribution in [3.8, 4) is 0 Å². The molecule has 2 rings (SSSR count). The van der Waals surface area contributed by atoms with Gasteiger partial charge in [-0.15, -0.1) is 0 Å². The van der Waals surface area contributed by atoms with Crippen LogP contribution >= 0.6 is 0 Å². The third kappa shape index (κ3) is 2.92. The van der Waals surface area contributed by atoms with Crippen molar-refractivity contribution in [2.75, 3.05) is 33.7 Å². The third-order valence-corrected chi connectivity index (χ3v) is 3.91. The van der Waals surface area contributed by atoms with Crippen LogP contribution < -0.4 is 5.32 Å². The van der Waals surface area contributed by atoms with Crippen molar-refractivity contribution in [1.29, 1.82) is 0 Å². The molecule has 2 aliphatic rings. The monoisotopic (exact) mass is 211 g/mol. The summed E-state index contributed by atoms with van der Waals surface area (Å²) in [6, 6.07) is 0.776. The Morgan fingerprint density at radius 1 is 1.13 bits per heavy atom. The maximum Gasteiger partial charge on any atom is 0.0612 e. The summed E-state index contributed by atoms with van der Waals surface area (Å²) in [5.74, 6) is 0. The second-order valence-corrected chi connectivity index (χ2v) is 5.21. The van der Waals surface area contributed by atoms with E-state index in [9.17, 15) is 0 Å². The van der Waals surface area contributed by atoms with Crippen LogP contribution in [0.2, 0.25) is 0 Å². The first-order chi connectivity index (χ1) is 7.27. The summed E-state index contributed by atoms with van der Waals surface area (Å²) in [5, 5.41) is 3.67. The largest absolute Gasteiger partial charge is 0.306 e. The molecule has 2 saturated heterocycles. The van der Waals surface area contributed by atoms with Crippen LogP contribution in [0, 0.1) is 0 Å². The minimum absolute atomic E-state index is 0.645. The molecular weight excluding hydrogens is 186 g/mol. The second kappa shape index (κ2) is 5.28. The fourth-order valence-electron chi connectivity index (χ4n) is 2.85. The summed E-state index contributed by atoms with van der Waals surface area (Å²) in [5.41, 5.74) is 0. The maximum absolute atomic E-state index is 3.67. The van der Waals surface area contributed by atoms with Gasteiger partial charge >= 0.3 is 0 Å². The van der Waals surface area contributed by atoms with Crippen LogP contribution in [-0.2, 0) is 0 Å². The van der Waals surface area contributed by atoms with Crippen molar-refractivity contribution in [3.63, 3.8) is 0 Å². The predicted octanol–water partition coefficient (Wildman–Crippen LogP) is 1.11. The number of nitrogens with zero attached hydrogens (tertiary/aromatic N) is 2. The number of rotatable bonds is 2. The lowest BCUT2D eigenvalue weighted by molar-refractivity contribution is 0.0787. The molecular formula is C12H25N3. The number of hydrogen-bond acceptors (Lipinski definition) is 3. The van der Waals surface area contributed by atoms with Crippen LogP contribution in [0.5, 0.6) is 0 Å². The first-order valence-corrected chi connectivity index (χ1v) is 6.41. The van der Waals surface area contributed by atoms with Crippen LogP contribution in [-0.4, -0.2) is 55.7 Å². The molecule has 0 amide bonds. The molecule has 1 N–H and O–H groups in total. The van der Waals surface area contributed by atoms with Gasteiger partial charge in [0.15, 0.2) is 0 Å². The molecule has 15 heavy (non-hydrogen) atoms. The van der Waals surface area contributed by atoms with Crippen molar-refractivity contribution < 1.29 is 0 Å². The Bertz CT molecular complexity index is 187. The Kier molecular flexibility index (Phi) is 4.00. The van der Waals surface area contributed by atoms with E-state index in [1.165, 1.54) is 51.7 Å². The van der Waals surface area contributed by atoms with E-state index in [1.54, 1.807) is 0 Å². The van der Waals surface area contributed by atoms with Gasteiger partial charge in [-0.05, 0) is 59.4 Å². The minimum atomic E-state index is 0.645. The molecule has 3 heteroatoms. The second-order valence-electron chi connectivity index (χ2n) is 5.21. The van der Waals surface area contributed by atoms with Crippen molar-refractivity contribution in [2.45, 2.75) is 44.3 Å². The van der Waals surface area contributed by atoms with Gasteiger partial charge in [0.05, 0.1) is 6.17 Å². The average Bonchev–Trinajstić information content (AvgIpc) is 2.30. The van der Waals surface area contributed by atoms with E-state index in [1.807, 2.05) is 0 Å². The zero-order chi connectivity index (χ0) is 10.7. The molecule has 2 atom stereocenters. The van der Waals surface area contributed by atoms with Gasteiger partial charge < -0.3 is 10.2 Å². The summed E-state index contributed by atoms with van der Waals surface area (Å²) in [4.78, 5) is 5.04. The molecule has 0 aliphatic carbocycles. The molecule has 0 aromatic carbocycles. The summed E-state index contributed by atoms with van der Waals surface area (Å²) in [6.45, 7) is 3.79. The highest BCUT2D eigenvalue weighted by Crippen LogP contribution is 2.19. The van der Waals surface area contributed by atoms with Crippen LogP contribution in [0.3, 0.4) is 0 Å². The lowest BCUT2D eigenvalue weighted by Crippen LogP contribution is -2.55. The van der Waals surface area contributed by atoms with Gasteiger partial charge in [-0.25, -0.2) is 0 Å². The molecule has 2 fully saturated rings. The van der Waals surface area contributed by atoms with E-state index in [4.69, 9.17) is 0 Å². The van der Waals surface area contributed by atoms with E-state index in [0.717, 1.165) is 6.04 Å². The number of piperidine rings is 2. The standard InChI is InChI=1S/C12H25N3/c1-14(2)11-6-7-13-12(10-11)15-8-4-3-5-9-15/h11-13H,3-10H2,1-2H3. The van der Waals surface area contributed by atoms with Crippen LogP contribution in [0.15, 0.2) is 0 Å². The van der Waals surface area contributed by atoms with E-state index < -0.39 is 0 Å². The van der Waals surface area contributed by atoms with Gasteiger partial charge in [0.1, 0.15) is 0 Å². The number of likely N-dealkylation sites (tertiary alicyclic amines) is 1. The molecule has 2 heterocycles. The SMILES string of the molecule is CN(C)C1CCNC(N2CCCCC2)C1. The van der Waals surface area contributed by atoms with Crippen LogP contribution in [0.25, 0.3) is 0 Å². The summed E-state index contributed by atoms with van der Waals surface area (Å²) >= 11 is 0. The van der Waals surface area contributed by atoms with Crippen molar-refractivity contribution in [2.24, 2.45) is 0 Å². The first-order valence-electron chi connectivity index (χ1n) is 6.41. The van der Waals surface area contributed by atoms with Gasteiger partial charge in [0.25, 0.3) is 0 Å². The molecule has 2 aliphatic heterocycles. The normalized spacial score (nSPS) is 34.6. The molecule has 88 valence electrons. The predicted molar refractivity (Wildman–Crippen MR) is 63.9 cm³/mol. The minimum Gasteiger partial charge on any atom is -0.306 e. The highest BCUT2D eigenvalue weighted by atomic mass is 15.3. The van der Waals surface area contributed by atoms with Gasteiger partial charge in [-0.2, -0.15) is 0 Å². The lowest BCUT2D eigenvalue weighted by atomic mass is 10.0. The van der Waals surface area contributed by atoms with Crippen molar-refractivity contribution >= 4 is 0 Å². The van der Waals surface area contributed by atoms with E-state index >= 15 is 0 Å². The molecule has 2 unspecified atom stereocenters. The Hall–Kier alpha value is -0.120. The quantitative estimate of drug-likeness (QED) is 0.738. The van der Waals surface area contributed by atoms with Gasteiger partial charge in [-0.3, -0.25) is 4.90 Å². The molecule has 0 aromatic heterocycles. The number of nitrogens with one attached hydrogen (secondary N) is 1. The zero-order valence-electron chi connectivity index (χ0n) is 10.2. The first kappa shape index (κ1) is 11.4.